The van der Waals surface area contributed by atoms with Crippen molar-refractivity contribution in [3.8, 4) is 23.3 Å². The molecule has 1 N–H and O–H groups in total. The van der Waals surface area contributed by atoms with E-state index in [0.717, 1.165) is 18.8 Å². The lowest BCUT2D eigenvalue weighted by atomic mass is 9.93. The smallest absolute Gasteiger partial charge is 0.163 e. The number of likely N-dealkylation sites (tertiary alicyclic amines) is 1. The normalized spacial score (nSPS) is 14.4. The Morgan fingerprint density at radius 3 is 2.50 bits per heavy atom. The Kier molecular flexibility index (Phi) is 8.63. The first kappa shape index (κ1) is 26.2. The molecule has 0 aliphatic carbocycles. The Balaban J connectivity index is 1.57. The lowest BCUT2D eigenvalue weighted by Gasteiger charge is -2.28. The van der Waals surface area contributed by atoms with Gasteiger partial charge in [-0.25, -0.2) is 0 Å². The van der Waals surface area contributed by atoms with Gasteiger partial charge in [-0.05, 0) is 63.9 Å². The second kappa shape index (κ2) is 11.9. The second-order valence-corrected chi connectivity index (χ2v) is 9.82. The van der Waals surface area contributed by atoms with Gasteiger partial charge in [-0.3, -0.25) is 4.98 Å². The third-order valence-electron chi connectivity index (χ3n) is 6.63. The molecule has 0 bridgehead atoms. The van der Waals surface area contributed by atoms with Crippen molar-refractivity contribution in [2.45, 2.75) is 25.7 Å². The first-order valence-corrected chi connectivity index (χ1v) is 12.7. The largest absolute Gasteiger partial charge is 0.495 e. The number of anilines is 2. The number of nitrogens with one attached hydrogen (secondary N) is 1. The van der Waals surface area contributed by atoms with Crippen molar-refractivity contribution in [1.29, 1.82) is 5.26 Å². The molecule has 4 rings (SSSR count). The lowest BCUT2D eigenvalue weighted by Crippen LogP contribution is -2.30. The maximum absolute atomic E-state index is 9.75. The number of fused-ring (bicyclic) bond motifs is 1. The number of ether oxygens (including phenoxy) is 3. The summed E-state index contributed by atoms with van der Waals surface area (Å²) in [4.78, 5) is 6.87. The molecule has 36 heavy (non-hydrogen) atoms. The minimum absolute atomic E-state index is 0.362. The van der Waals surface area contributed by atoms with Crippen molar-refractivity contribution in [3.05, 3.63) is 46.1 Å². The molecule has 0 atom stereocenters. The number of benzene rings is 2. The van der Waals surface area contributed by atoms with E-state index in [1.165, 1.54) is 39.2 Å². The molecule has 2 aromatic carbocycles. The van der Waals surface area contributed by atoms with Crippen LogP contribution in [-0.4, -0.2) is 50.8 Å². The number of nitrogens with zero attached hydrogens (tertiary/aromatic N) is 3. The lowest BCUT2D eigenvalue weighted by molar-refractivity contribution is 0.199. The average molecular weight is 529 g/mol. The summed E-state index contributed by atoms with van der Waals surface area (Å²) in [6.07, 6.45) is 6.18. The van der Waals surface area contributed by atoms with Crippen molar-refractivity contribution in [2.24, 2.45) is 5.92 Å². The number of hydrogen-bond donors (Lipinski definition) is 1. The van der Waals surface area contributed by atoms with E-state index in [1.807, 2.05) is 12.1 Å². The molecule has 1 aromatic heterocycles. The van der Waals surface area contributed by atoms with Crippen LogP contribution in [0.1, 0.15) is 31.2 Å². The van der Waals surface area contributed by atoms with Crippen LogP contribution in [0, 0.1) is 17.2 Å². The number of piperidine rings is 1. The number of aromatic nitrogens is 1. The fourth-order valence-electron chi connectivity index (χ4n) is 4.51. The Morgan fingerprint density at radius 2 is 1.81 bits per heavy atom. The topological polar surface area (TPSA) is 79.6 Å². The van der Waals surface area contributed by atoms with Gasteiger partial charge in [0.05, 0.1) is 53.3 Å². The highest BCUT2D eigenvalue weighted by atomic mass is 35.5. The van der Waals surface area contributed by atoms with Gasteiger partial charge in [0.15, 0.2) is 11.5 Å². The van der Waals surface area contributed by atoms with Crippen LogP contribution in [-0.2, 0) is 0 Å². The molecule has 3 aromatic rings. The molecule has 0 unspecified atom stereocenters. The zero-order valence-corrected chi connectivity index (χ0v) is 22.2. The number of rotatable bonds is 9. The van der Waals surface area contributed by atoms with E-state index in [2.05, 4.69) is 28.3 Å². The molecular weight excluding hydrogens is 499 g/mol. The summed E-state index contributed by atoms with van der Waals surface area (Å²) >= 11 is 12.6. The van der Waals surface area contributed by atoms with Gasteiger partial charge in [0.1, 0.15) is 11.8 Å². The third kappa shape index (κ3) is 5.89. The molecule has 1 saturated heterocycles. The second-order valence-electron chi connectivity index (χ2n) is 9.01. The van der Waals surface area contributed by atoms with Crippen LogP contribution in [0.15, 0.2) is 30.5 Å². The Bertz CT molecular complexity index is 1270. The van der Waals surface area contributed by atoms with Gasteiger partial charge in [0, 0.05) is 23.7 Å². The molecule has 190 valence electrons. The molecule has 0 spiro atoms. The van der Waals surface area contributed by atoms with Crippen LogP contribution < -0.4 is 19.5 Å². The standard InChI is InChI=1S/C27H30Cl2N4O3/c1-33-8-6-17(7-9-33)5-4-10-36-26-13-22-19(11-25(26)35-3)27(18(15-30)16-31-22)32-23-14-24(34-2)21(29)12-20(23)28/h11-14,16-17H,4-10H2,1-3H3,(H,31,32). The number of methoxy groups -OCH3 is 2. The van der Waals surface area contributed by atoms with Gasteiger partial charge in [-0.1, -0.05) is 23.2 Å². The molecule has 1 aliphatic heterocycles. The molecule has 2 heterocycles. The van der Waals surface area contributed by atoms with Crippen LogP contribution in [0.2, 0.25) is 10.0 Å². The molecular formula is C27H30Cl2N4O3. The number of pyridine rings is 1. The summed E-state index contributed by atoms with van der Waals surface area (Å²) in [6.45, 7) is 2.95. The van der Waals surface area contributed by atoms with Gasteiger partial charge in [0.25, 0.3) is 0 Å². The first-order chi connectivity index (χ1) is 17.4. The SMILES string of the molecule is COc1cc(Nc2c(C#N)cnc3cc(OCCCC4CCN(C)CC4)c(OC)cc23)c(Cl)cc1Cl. The summed E-state index contributed by atoms with van der Waals surface area (Å²) in [5.74, 6) is 2.43. The van der Waals surface area contributed by atoms with Crippen molar-refractivity contribution >= 4 is 45.5 Å². The average Bonchev–Trinajstić information content (AvgIpc) is 2.88. The molecule has 1 aliphatic rings. The fraction of sp³-hybridized carbons (Fsp3) is 0.407. The molecule has 0 radical (unpaired) electrons. The van der Waals surface area contributed by atoms with Gasteiger partial charge in [-0.15, -0.1) is 0 Å². The van der Waals surface area contributed by atoms with Gasteiger partial charge < -0.3 is 24.4 Å². The Hall–Kier alpha value is -2.92. The predicted molar refractivity (Wildman–Crippen MR) is 144 cm³/mol. The summed E-state index contributed by atoms with van der Waals surface area (Å²) < 4.78 is 17.1. The fourth-order valence-corrected chi connectivity index (χ4v) is 5.02. The van der Waals surface area contributed by atoms with Crippen molar-refractivity contribution in [1.82, 2.24) is 9.88 Å². The van der Waals surface area contributed by atoms with E-state index in [9.17, 15) is 5.26 Å². The Morgan fingerprint density at radius 1 is 1.06 bits per heavy atom. The highest BCUT2D eigenvalue weighted by molar-refractivity contribution is 6.37. The zero-order valence-electron chi connectivity index (χ0n) is 20.7. The van der Waals surface area contributed by atoms with Crippen LogP contribution in [0.5, 0.6) is 17.2 Å². The summed E-state index contributed by atoms with van der Waals surface area (Å²) in [6, 6.07) is 9.16. The third-order valence-corrected chi connectivity index (χ3v) is 7.24. The van der Waals surface area contributed by atoms with E-state index < -0.39 is 0 Å². The maximum atomic E-state index is 9.75. The summed E-state index contributed by atoms with van der Waals surface area (Å²) in [5.41, 5.74) is 2.14. The number of nitriles is 1. The monoisotopic (exact) mass is 528 g/mol. The van der Waals surface area contributed by atoms with Crippen molar-refractivity contribution in [3.63, 3.8) is 0 Å². The van der Waals surface area contributed by atoms with Crippen LogP contribution in [0.4, 0.5) is 11.4 Å². The summed E-state index contributed by atoms with van der Waals surface area (Å²) in [5, 5.41) is 14.5. The van der Waals surface area contributed by atoms with E-state index in [1.54, 1.807) is 19.2 Å². The van der Waals surface area contributed by atoms with E-state index in [0.29, 0.717) is 61.7 Å². The number of hydrogen-bond acceptors (Lipinski definition) is 7. The van der Waals surface area contributed by atoms with Gasteiger partial charge >= 0.3 is 0 Å². The zero-order chi connectivity index (χ0) is 25.7. The van der Waals surface area contributed by atoms with Gasteiger partial charge in [0.2, 0.25) is 0 Å². The minimum atomic E-state index is 0.362. The van der Waals surface area contributed by atoms with Crippen molar-refractivity contribution < 1.29 is 14.2 Å². The van der Waals surface area contributed by atoms with Crippen LogP contribution >= 0.6 is 23.2 Å². The molecule has 9 heteroatoms. The first-order valence-electron chi connectivity index (χ1n) is 12.0. The van der Waals surface area contributed by atoms with Crippen LogP contribution in [0.25, 0.3) is 10.9 Å². The maximum Gasteiger partial charge on any atom is 0.163 e. The summed E-state index contributed by atoms with van der Waals surface area (Å²) in [7, 11) is 5.31. The molecule has 7 nitrogen and oxygen atoms in total. The number of halogens is 2. The van der Waals surface area contributed by atoms with Gasteiger partial charge in [-0.2, -0.15) is 5.26 Å². The minimum Gasteiger partial charge on any atom is -0.495 e. The molecule has 0 saturated carbocycles. The van der Waals surface area contributed by atoms with E-state index >= 15 is 0 Å². The van der Waals surface area contributed by atoms with Crippen LogP contribution in [0.3, 0.4) is 0 Å². The Labute approximate surface area is 221 Å². The highest BCUT2D eigenvalue weighted by Crippen LogP contribution is 2.40. The quantitative estimate of drug-likeness (QED) is 0.310. The van der Waals surface area contributed by atoms with E-state index in [4.69, 9.17) is 37.4 Å². The highest BCUT2D eigenvalue weighted by Gasteiger charge is 2.18. The molecule has 0 amide bonds. The van der Waals surface area contributed by atoms with E-state index in [-0.39, 0.29) is 0 Å². The van der Waals surface area contributed by atoms with Crippen molar-refractivity contribution in [2.75, 3.05) is 46.3 Å². The molecule has 1 fully saturated rings. The predicted octanol–water partition coefficient (Wildman–Crippen LogP) is 6.67.